The number of hydrogen-bond donors (Lipinski definition) is 0. The average Bonchev–Trinajstić information content (AvgIpc) is 3.69. The minimum atomic E-state index is -1.47. The molecule has 0 saturated heterocycles. The molecule has 0 N–H and O–H groups in total. The molecule has 0 aliphatic carbocycles. The van der Waals surface area contributed by atoms with E-state index < -0.39 is 39.5 Å². The first-order chi connectivity index (χ1) is 21.8. The molecule has 0 amide bonds. The molecule has 0 fully saturated rings. The topological polar surface area (TPSA) is 35.6 Å². The van der Waals surface area contributed by atoms with E-state index in [9.17, 15) is 0 Å². The molecular formula is C38H30F4N4Pt. The van der Waals surface area contributed by atoms with Gasteiger partial charge in [-0.25, -0.2) is 0 Å². The number of halogens is 4. The molecule has 2 aromatic heterocycles. The molecule has 0 saturated carbocycles. The maximum atomic E-state index is 16.6. The summed E-state index contributed by atoms with van der Waals surface area (Å²) in [6.07, 6.45) is 3.19. The fourth-order valence-electron chi connectivity index (χ4n) is 6.61. The summed E-state index contributed by atoms with van der Waals surface area (Å²) in [5.74, 6) is -3.51. The van der Waals surface area contributed by atoms with Crippen LogP contribution in [0.5, 0.6) is 0 Å². The van der Waals surface area contributed by atoms with Crippen molar-refractivity contribution in [3.8, 4) is 11.4 Å². The minimum absolute atomic E-state index is 0. The van der Waals surface area contributed by atoms with Gasteiger partial charge in [-0.3, -0.25) is 26.9 Å². The van der Waals surface area contributed by atoms with Crippen LogP contribution in [0.25, 0.3) is 11.4 Å². The van der Waals surface area contributed by atoms with E-state index in [-0.39, 0.29) is 49.1 Å². The van der Waals surface area contributed by atoms with Crippen molar-refractivity contribution in [2.75, 3.05) is 0 Å². The smallest absolute Gasteiger partial charge is 0.284 e. The van der Waals surface area contributed by atoms with E-state index in [1.165, 1.54) is 9.36 Å². The van der Waals surface area contributed by atoms with Crippen LogP contribution < -0.4 is 0 Å². The van der Waals surface area contributed by atoms with Gasteiger partial charge in [0.25, 0.3) is 0 Å². The van der Waals surface area contributed by atoms with Gasteiger partial charge < -0.3 is 0 Å². The zero-order valence-electron chi connectivity index (χ0n) is 26.3. The van der Waals surface area contributed by atoms with Crippen LogP contribution in [0.2, 0.25) is 0 Å². The summed E-state index contributed by atoms with van der Waals surface area (Å²) in [6, 6.07) is 29.3. The molecule has 3 heterocycles. The largest absolute Gasteiger partial charge is 2.00 e. The van der Waals surface area contributed by atoms with E-state index in [0.717, 1.165) is 17.2 Å². The maximum Gasteiger partial charge on any atom is 2.00 e. The quantitative estimate of drug-likeness (QED) is 0.130. The van der Waals surface area contributed by atoms with Crippen molar-refractivity contribution in [1.29, 1.82) is 0 Å². The molecule has 4 nitrogen and oxygen atoms in total. The third-order valence-electron chi connectivity index (χ3n) is 8.89. The van der Waals surface area contributed by atoms with Crippen molar-refractivity contribution in [2.45, 2.75) is 50.9 Å². The van der Waals surface area contributed by atoms with E-state index in [4.69, 9.17) is 10.2 Å². The summed E-state index contributed by atoms with van der Waals surface area (Å²) in [7, 11) is 0. The first-order valence-corrected chi connectivity index (χ1v) is 15.0. The predicted octanol–water partition coefficient (Wildman–Crippen LogP) is 8.53. The fraction of sp³-hybridized carbons (Fsp3) is 0.211. The van der Waals surface area contributed by atoms with Crippen LogP contribution in [-0.4, -0.2) is 19.6 Å². The van der Waals surface area contributed by atoms with Gasteiger partial charge in [0.2, 0.25) is 0 Å². The Morgan fingerprint density at radius 3 is 1.64 bits per heavy atom. The number of nitrogens with zero attached hydrogens (tertiary/aromatic N) is 4. The van der Waals surface area contributed by atoms with Crippen LogP contribution >= 0.6 is 0 Å². The van der Waals surface area contributed by atoms with Gasteiger partial charge in [0.15, 0.2) is 0 Å². The second-order valence-electron chi connectivity index (χ2n) is 13.2. The molecule has 9 heteroatoms. The van der Waals surface area contributed by atoms with Crippen molar-refractivity contribution >= 4 is 0 Å². The molecule has 0 unspecified atom stereocenters. The van der Waals surface area contributed by atoms with Gasteiger partial charge in [0.05, 0.1) is 11.4 Å². The maximum absolute atomic E-state index is 16.6. The number of aromatic nitrogens is 4. The van der Waals surface area contributed by atoms with Gasteiger partial charge in [-0.15, -0.1) is 29.3 Å². The van der Waals surface area contributed by atoms with Gasteiger partial charge in [-0.2, -0.15) is 10.2 Å². The normalized spacial score (nSPS) is 14.7. The summed E-state index contributed by atoms with van der Waals surface area (Å²) < 4.78 is 67.1. The monoisotopic (exact) mass is 813 g/mol. The Labute approximate surface area is 285 Å². The Bertz CT molecular complexity index is 2070. The third-order valence-corrected chi connectivity index (χ3v) is 8.89. The molecule has 0 radical (unpaired) electrons. The standard InChI is InChI=1S/C38H30F4N4.Pt/c1-36(2,3)33-34(41)26-21-30(35(33)42)46-19-17-32(44-46)38(23-12-8-6-9-13-23,24-14-10-7-11-15-24)31-16-18-45(43-31)29-20-25(37(26,4)5)27(39)22-28(29)40;/h6-19,22H,1-5H3;/q-2;+2. The number of fused-ring (bicyclic) bond motifs is 10. The van der Waals surface area contributed by atoms with Crippen LogP contribution in [0.4, 0.5) is 17.6 Å². The minimum Gasteiger partial charge on any atom is -0.284 e. The van der Waals surface area contributed by atoms with Crippen molar-refractivity contribution < 1.29 is 38.6 Å². The Hall–Kier alpha value is -4.29. The predicted molar refractivity (Wildman–Crippen MR) is 167 cm³/mol. The van der Waals surface area contributed by atoms with Crippen molar-refractivity contribution in [2.24, 2.45) is 0 Å². The van der Waals surface area contributed by atoms with E-state index in [2.05, 4.69) is 12.1 Å². The Morgan fingerprint density at radius 2 is 1.13 bits per heavy atom. The van der Waals surface area contributed by atoms with Crippen LogP contribution in [-0.2, 0) is 37.3 Å². The van der Waals surface area contributed by atoms with Gasteiger partial charge >= 0.3 is 21.1 Å². The molecule has 6 aromatic rings. The van der Waals surface area contributed by atoms with Crippen LogP contribution in [0.15, 0.2) is 91.3 Å². The van der Waals surface area contributed by atoms with Crippen molar-refractivity contribution in [3.63, 3.8) is 0 Å². The molecule has 47 heavy (non-hydrogen) atoms. The zero-order chi connectivity index (χ0) is 32.6. The fourth-order valence-corrected chi connectivity index (χ4v) is 6.61. The van der Waals surface area contributed by atoms with Crippen molar-refractivity contribution in [3.05, 3.63) is 166 Å². The number of benzene rings is 4. The first kappa shape index (κ1) is 32.6. The van der Waals surface area contributed by atoms with Gasteiger partial charge in [-0.05, 0) is 45.5 Å². The average molecular weight is 814 g/mol. The second kappa shape index (κ2) is 11.4. The molecule has 4 aromatic carbocycles. The van der Waals surface area contributed by atoms with E-state index in [1.807, 2.05) is 60.7 Å². The van der Waals surface area contributed by atoms with E-state index >= 15 is 17.6 Å². The molecule has 0 spiro atoms. The Kier molecular flexibility index (Phi) is 7.95. The summed E-state index contributed by atoms with van der Waals surface area (Å²) in [6.45, 7) is 8.27. The molecule has 0 atom stereocenters. The summed E-state index contributed by atoms with van der Waals surface area (Å²) in [4.78, 5) is 0. The van der Waals surface area contributed by atoms with Crippen molar-refractivity contribution in [1.82, 2.24) is 19.6 Å². The molecule has 7 rings (SSSR count). The summed E-state index contributed by atoms with van der Waals surface area (Å²) in [5.41, 5.74) is -1.71. The first-order valence-electron chi connectivity index (χ1n) is 15.0. The second-order valence-corrected chi connectivity index (χ2v) is 13.2. The zero-order valence-corrected chi connectivity index (χ0v) is 28.5. The molecule has 8 bridgehead atoms. The summed E-state index contributed by atoms with van der Waals surface area (Å²) >= 11 is 0. The van der Waals surface area contributed by atoms with Crippen LogP contribution in [0.1, 0.15) is 73.8 Å². The molecular weight excluding hydrogens is 784 g/mol. The van der Waals surface area contributed by atoms with Gasteiger partial charge in [-0.1, -0.05) is 101 Å². The molecule has 240 valence electrons. The SMILES string of the molecule is CC(C)(C)c1c(F)c2[c-]c(c1F)C(C)(C)c1[c-]c(c(F)cc1F)-n1ccc(n1)C(c1ccccc1)(c1ccccc1)c1ccn-2n1.[Pt+2]. The van der Waals surface area contributed by atoms with E-state index in [0.29, 0.717) is 11.4 Å². The molecule has 1 aliphatic rings. The Balaban J connectivity index is 0.00000386. The van der Waals surface area contributed by atoms with Crippen LogP contribution in [0.3, 0.4) is 0 Å². The number of hydrogen-bond acceptors (Lipinski definition) is 2. The third kappa shape index (κ3) is 4.91. The van der Waals surface area contributed by atoms with Crippen LogP contribution in [0, 0.1) is 35.4 Å². The summed E-state index contributed by atoms with van der Waals surface area (Å²) in [5, 5.41) is 9.83. The molecule has 1 aliphatic heterocycles. The van der Waals surface area contributed by atoms with E-state index in [1.54, 1.807) is 59.1 Å². The van der Waals surface area contributed by atoms with Gasteiger partial charge in [0.1, 0.15) is 5.41 Å². The number of rotatable bonds is 2. The Morgan fingerprint density at radius 1 is 0.638 bits per heavy atom. The van der Waals surface area contributed by atoms with Gasteiger partial charge in [0, 0.05) is 35.7 Å².